The molecule has 1 unspecified atom stereocenters. The predicted molar refractivity (Wildman–Crippen MR) is 118 cm³/mol. The summed E-state index contributed by atoms with van der Waals surface area (Å²) in [6, 6.07) is 4.02. The standard InChI is InChI=1S/C21H22F2N6OS/c1-11(12-4-3-5-12)27-21(30)15-10-29(31-23)20-19(15)28-17(9-26-20)18(24)14-7-6-13(22)8-16(14)25-2/h6-12,24-25H,3-5H2,1-2H3,(H,27,30). The number of benzene rings is 1. The zero-order valence-electron chi connectivity index (χ0n) is 17.1. The van der Waals surface area contributed by atoms with Gasteiger partial charge in [-0.2, -0.15) is 0 Å². The van der Waals surface area contributed by atoms with E-state index in [1.165, 1.54) is 30.6 Å². The van der Waals surface area contributed by atoms with E-state index in [9.17, 15) is 13.1 Å². The highest BCUT2D eigenvalue weighted by Crippen LogP contribution is 2.30. The molecule has 1 aliphatic carbocycles. The minimum Gasteiger partial charge on any atom is -0.387 e. The van der Waals surface area contributed by atoms with Crippen LogP contribution in [-0.4, -0.2) is 38.6 Å². The largest absolute Gasteiger partial charge is 0.387 e. The number of fused-ring (bicyclic) bond motifs is 1. The average molecular weight is 445 g/mol. The van der Waals surface area contributed by atoms with Crippen molar-refractivity contribution >= 4 is 40.8 Å². The summed E-state index contributed by atoms with van der Waals surface area (Å²) in [5.41, 5.74) is 1.66. The van der Waals surface area contributed by atoms with Crippen molar-refractivity contribution in [3.63, 3.8) is 0 Å². The van der Waals surface area contributed by atoms with Crippen molar-refractivity contribution in [3.05, 3.63) is 53.2 Å². The van der Waals surface area contributed by atoms with Crippen LogP contribution in [0.15, 0.2) is 30.6 Å². The molecule has 0 radical (unpaired) electrons. The van der Waals surface area contributed by atoms with Crippen molar-refractivity contribution in [2.24, 2.45) is 5.92 Å². The fourth-order valence-corrected chi connectivity index (χ4v) is 4.07. The summed E-state index contributed by atoms with van der Waals surface area (Å²) in [5, 5.41) is 14.4. The molecule has 1 aliphatic rings. The van der Waals surface area contributed by atoms with E-state index < -0.39 is 5.82 Å². The van der Waals surface area contributed by atoms with Crippen molar-refractivity contribution in [2.45, 2.75) is 32.2 Å². The Hall–Kier alpha value is -3.01. The van der Waals surface area contributed by atoms with Crippen molar-refractivity contribution in [2.75, 3.05) is 12.4 Å². The van der Waals surface area contributed by atoms with Gasteiger partial charge < -0.3 is 10.6 Å². The van der Waals surface area contributed by atoms with Crippen molar-refractivity contribution in [3.8, 4) is 0 Å². The summed E-state index contributed by atoms with van der Waals surface area (Å²) < 4.78 is 28.1. The van der Waals surface area contributed by atoms with Gasteiger partial charge in [0, 0.05) is 30.5 Å². The van der Waals surface area contributed by atoms with Gasteiger partial charge in [0.1, 0.15) is 17.0 Å². The Morgan fingerprint density at radius 1 is 1.35 bits per heavy atom. The van der Waals surface area contributed by atoms with E-state index in [0.29, 0.717) is 17.2 Å². The van der Waals surface area contributed by atoms with Gasteiger partial charge in [0.05, 0.1) is 17.5 Å². The lowest BCUT2D eigenvalue weighted by Crippen LogP contribution is -2.40. The number of rotatable bonds is 7. The molecule has 7 nitrogen and oxygen atoms in total. The minimum atomic E-state index is -0.431. The number of hydrogen-bond donors (Lipinski definition) is 3. The molecule has 1 saturated carbocycles. The number of halogens is 2. The normalized spacial score (nSPS) is 14.8. The molecular formula is C21H22F2N6OS. The van der Waals surface area contributed by atoms with Crippen LogP contribution in [0.3, 0.4) is 0 Å². The first-order valence-electron chi connectivity index (χ1n) is 9.97. The molecule has 2 heterocycles. The van der Waals surface area contributed by atoms with E-state index in [0.717, 1.165) is 23.2 Å². The Kier molecular flexibility index (Phi) is 5.90. The molecule has 162 valence electrons. The smallest absolute Gasteiger partial charge is 0.255 e. The first-order valence-corrected chi connectivity index (χ1v) is 10.6. The van der Waals surface area contributed by atoms with Gasteiger partial charge in [-0.05, 0) is 43.9 Å². The third-order valence-corrected chi connectivity index (χ3v) is 6.20. The van der Waals surface area contributed by atoms with Gasteiger partial charge in [0.25, 0.3) is 5.91 Å². The molecule has 0 saturated heterocycles. The summed E-state index contributed by atoms with van der Waals surface area (Å²) in [7, 11) is 1.63. The van der Waals surface area contributed by atoms with E-state index in [2.05, 4.69) is 20.6 Å². The molecule has 1 aromatic carbocycles. The zero-order valence-corrected chi connectivity index (χ0v) is 17.9. The molecule has 1 fully saturated rings. The van der Waals surface area contributed by atoms with Gasteiger partial charge in [0.2, 0.25) is 0 Å². The first kappa shape index (κ1) is 21.2. The number of carbonyl (C=O) groups excluding carboxylic acids is 1. The molecule has 2 aromatic heterocycles. The summed E-state index contributed by atoms with van der Waals surface area (Å²) in [6.45, 7) is 1.96. The number of carbonyl (C=O) groups is 1. The number of aromatic nitrogens is 3. The number of anilines is 1. The Bertz CT molecular complexity index is 1160. The number of amides is 1. The molecule has 3 aromatic rings. The first-order chi connectivity index (χ1) is 14.9. The molecule has 4 rings (SSSR count). The van der Waals surface area contributed by atoms with Gasteiger partial charge in [-0.1, -0.05) is 6.42 Å². The minimum absolute atomic E-state index is 0.00419. The highest BCUT2D eigenvalue weighted by Gasteiger charge is 2.27. The second-order valence-corrected chi connectivity index (χ2v) is 8.16. The van der Waals surface area contributed by atoms with Crippen molar-refractivity contribution in [1.29, 1.82) is 5.41 Å². The lowest BCUT2D eigenvalue weighted by molar-refractivity contribution is 0.0911. The van der Waals surface area contributed by atoms with Crippen LogP contribution in [0.25, 0.3) is 11.2 Å². The van der Waals surface area contributed by atoms with Crippen LogP contribution in [0.2, 0.25) is 0 Å². The van der Waals surface area contributed by atoms with Crippen molar-refractivity contribution in [1.82, 2.24) is 19.3 Å². The van der Waals surface area contributed by atoms with Crippen LogP contribution >= 0.6 is 12.3 Å². The van der Waals surface area contributed by atoms with Gasteiger partial charge in [-0.3, -0.25) is 10.2 Å². The lowest BCUT2D eigenvalue weighted by Gasteiger charge is -2.31. The van der Waals surface area contributed by atoms with Gasteiger partial charge >= 0.3 is 0 Å². The van der Waals surface area contributed by atoms with E-state index in [1.54, 1.807) is 7.05 Å². The van der Waals surface area contributed by atoms with Gasteiger partial charge in [0.15, 0.2) is 18.0 Å². The highest BCUT2D eigenvalue weighted by atomic mass is 32.2. The second kappa shape index (κ2) is 8.62. The summed E-state index contributed by atoms with van der Waals surface area (Å²) in [4.78, 5) is 21.6. The monoisotopic (exact) mass is 444 g/mol. The van der Waals surface area contributed by atoms with Gasteiger partial charge in [-0.15, -0.1) is 3.89 Å². The fraction of sp³-hybridized carbons (Fsp3) is 0.333. The van der Waals surface area contributed by atoms with Crippen LogP contribution < -0.4 is 10.6 Å². The summed E-state index contributed by atoms with van der Waals surface area (Å²) in [5.74, 6) is -0.340. The number of hydrogen-bond acceptors (Lipinski definition) is 6. The molecule has 0 bridgehead atoms. The molecule has 3 N–H and O–H groups in total. The SMILES string of the molecule is CNc1cc(F)ccc1C(=N)c1cnc2c(n1)c(C(=O)NC(C)C1CCC1)cn2SF. The molecule has 31 heavy (non-hydrogen) atoms. The van der Waals surface area contributed by atoms with E-state index in [-0.39, 0.29) is 52.4 Å². The molecule has 1 amide bonds. The number of nitrogens with zero attached hydrogens (tertiary/aromatic N) is 3. The topological polar surface area (TPSA) is 95.7 Å². The summed E-state index contributed by atoms with van der Waals surface area (Å²) >= 11 is -0.0755. The van der Waals surface area contributed by atoms with Crippen LogP contribution in [0.4, 0.5) is 14.0 Å². The number of nitrogens with one attached hydrogen (secondary N) is 3. The summed E-state index contributed by atoms with van der Waals surface area (Å²) in [6.07, 6.45) is 6.03. The maximum atomic E-state index is 13.6. The predicted octanol–water partition coefficient (Wildman–Crippen LogP) is 4.33. The Balaban J connectivity index is 1.71. The van der Waals surface area contributed by atoms with Crippen LogP contribution in [0, 0.1) is 17.1 Å². The molecule has 0 spiro atoms. The van der Waals surface area contributed by atoms with E-state index >= 15 is 0 Å². The molecule has 10 heteroatoms. The van der Waals surface area contributed by atoms with Gasteiger partial charge in [-0.25, -0.2) is 18.3 Å². The third-order valence-electron chi connectivity index (χ3n) is 5.77. The maximum absolute atomic E-state index is 13.6. The quantitative estimate of drug-likeness (QED) is 0.472. The molecule has 0 aliphatic heterocycles. The average Bonchev–Trinajstić information content (AvgIpc) is 3.09. The Morgan fingerprint density at radius 2 is 2.13 bits per heavy atom. The maximum Gasteiger partial charge on any atom is 0.255 e. The zero-order chi connectivity index (χ0) is 22.1. The third kappa shape index (κ3) is 3.99. The molecule has 1 atom stereocenters. The van der Waals surface area contributed by atoms with E-state index in [1.807, 2.05) is 6.92 Å². The molecular weight excluding hydrogens is 422 g/mol. The highest BCUT2D eigenvalue weighted by molar-refractivity contribution is 7.92. The van der Waals surface area contributed by atoms with E-state index in [4.69, 9.17) is 5.41 Å². The van der Waals surface area contributed by atoms with Crippen LogP contribution in [0.5, 0.6) is 0 Å². The van der Waals surface area contributed by atoms with Crippen LogP contribution in [0.1, 0.15) is 47.8 Å². The van der Waals surface area contributed by atoms with Crippen molar-refractivity contribution < 1.29 is 13.1 Å². The second-order valence-electron chi connectivity index (χ2n) is 7.63. The lowest BCUT2D eigenvalue weighted by atomic mass is 9.80. The Morgan fingerprint density at radius 3 is 2.77 bits per heavy atom. The fourth-order valence-electron chi connectivity index (χ4n) is 3.72. The Labute approximate surface area is 182 Å². The van der Waals surface area contributed by atoms with Crippen LogP contribution in [-0.2, 0) is 0 Å².